The first kappa shape index (κ1) is 15.5. The smallest absolute Gasteiger partial charge is 0.233 e. The third kappa shape index (κ3) is 4.85. The number of carbonyl (C=O) groups excluding carboxylic acids is 1. The van der Waals surface area contributed by atoms with Crippen molar-refractivity contribution < 1.29 is 9.53 Å². The topological polar surface area (TPSA) is 50.4 Å². The number of amides is 1. The minimum absolute atomic E-state index is 0.0198. The van der Waals surface area contributed by atoms with Crippen LogP contribution in [0.25, 0.3) is 10.8 Å². The molecule has 0 aliphatic heterocycles. The molecule has 2 rings (SSSR count). The number of fused-ring (bicyclic) bond motifs is 1. The van der Waals surface area contributed by atoms with Gasteiger partial charge in [0.15, 0.2) is 0 Å². The molecule has 0 fully saturated rings. The summed E-state index contributed by atoms with van der Waals surface area (Å²) in [6.07, 6.45) is 0.838. The Kier molecular flexibility index (Phi) is 6.19. The van der Waals surface area contributed by atoms with Gasteiger partial charge < -0.3 is 15.4 Å². The van der Waals surface area contributed by atoms with Crippen LogP contribution in [-0.2, 0) is 16.0 Å². The second-order valence-corrected chi connectivity index (χ2v) is 4.91. The van der Waals surface area contributed by atoms with Gasteiger partial charge in [0.1, 0.15) is 0 Å². The number of hydrogen-bond donors (Lipinski definition) is 2. The molecule has 0 saturated heterocycles. The summed E-state index contributed by atoms with van der Waals surface area (Å²) in [5.41, 5.74) is 1.26. The Hall–Kier alpha value is -1.91. The summed E-state index contributed by atoms with van der Waals surface area (Å²) >= 11 is 0. The van der Waals surface area contributed by atoms with Crippen molar-refractivity contribution >= 4 is 16.7 Å². The Balaban J connectivity index is 1.78. The lowest BCUT2D eigenvalue weighted by atomic mass is 10.0. The van der Waals surface area contributed by atoms with E-state index in [1.807, 2.05) is 12.1 Å². The van der Waals surface area contributed by atoms with Gasteiger partial charge in [0.2, 0.25) is 5.91 Å². The average molecular weight is 286 g/mol. The van der Waals surface area contributed by atoms with Gasteiger partial charge in [-0.05, 0) is 22.8 Å². The zero-order chi connectivity index (χ0) is 14.9. The average Bonchev–Trinajstić information content (AvgIpc) is 2.52. The predicted molar refractivity (Wildman–Crippen MR) is 85.4 cm³/mol. The lowest BCUT2D eigenvalue weighted by Crippen LogP contribution is -2.36. The summed E-state index contributed by atoms with van der Waals surface area (Å²) < 4.78 is 4.91. The van der Waals surface area contributed by atoms with Crippen LogP contribution in [0, 0.1) is 0 Å². The molecule has 0 radical (unpaired) electrons. The van der Waals surface area contributed by atoms with Gasteiger partial charge in [0.05, 0.1) is 13.2 Å². The van der Waals surface area contributed by atoms with Crippen molar-refractivity contribution in [1.29, 1.82) is 0 Å². The van der Waals surface area contributed by atoms with E-state index in [1.54, 1.807) is 7.11 Å². The van der Waals surface area contributed by atoms with Crippen molar-refractivity contribution in [3.05, 3.63) is 48.0 Å². The first-order valence-corrected chi connectivity index (χ1v) is 7.24. The maximum atomic E-state index is 11.6. The van der Waals surface area contributed by atoms with Gasteiger partial charge in [-0.3, -0.25) is 4.79 Å². The van der Waals surface area contributed by atoms with Crippen LogP contribution in [0.15, 0.2) is 42.5 Å². The minimum atomic E-state index is 0.0198. The maximum Gasteiger partial charge on any atom is 0.233 e. The normalized spacial score (nSPS) is 10.7. The molecule has 0 heterocycles. The van der Waals surface area contributed by atoms with Crippen LogP contribution in [0.3, 0.4) is 0 Å². The number of nitrogens with one attached hydrogen (secondary N) is 2. The molecule has 4 heteroatoms. The van der Waals surface area contributed by atoms with E-state index in [1.165, 1.54) is 16.3 Å². The lowest BCUT2D eigenvalue weighted by molar-refractivity contribution is -0.120. The van der Waals surface area contributed by atoms with Crippen molar-refractivity contribution in [2.45, 2.75) is 6.42 Å². The van der Waals surface area contributed by atoms with Crippen molar-refractivity contribution in [1.82, 2.24) is 10.6 Å². The first-order valence-electron chi connectivity index (χ1n) is 7.24. The van der Waals surface area contributed by atoms with E-state index in [0.29, 0.717) is 26.2 Å². The van der Waals surface area contributed by atoms with E-state index in [2.05, 4.69) is 41.0 Å². The molecule has 0 atom stereocenters. The fourth-order valence-electron chi connectivity index (χ4n) is 2.29. The van der Waals surface area contributed by atoms with Gasteiger partial charge in [-0.25, -0.2) is 0 Å². The maximum absolute atomic E-state index is 11.6. The molecule has 0 aliphatic rings. The van der Waals surface area contributed by atoms with Gasteiger partial charge in [-0.15, -0.1) is 0 Å². The number of methoxy groups -OCH3 is 1. The molecule has 4 nitrogen and oxygen atoms in total. The lowest BCUT2D eigenvalue weighted by Gasteiger charge is -2.08. The SMILES string of the molecule is COCCNCC(=O)NCCc1cccc2ccccc12. The number of benzene rings is 2. The summed E-state index contributed by atoms with van der Waals surface area (Å²) in [7, 11) is 1.64. The van der Waals surface area contributed by atoms with E-state index in [-0.39, 0.29) is 5.91 Å². The molecule has 2 aromatic carbocycles. The zero-order valence-electron chi connectivity index (χ0n) is 12.4. The standard InChI is InChI=1S/C17H22N2O2/c1-21-12-11-18-13-17(20)19-10-9-15-7-4-6-14-5-2-3-8-16(14)15/h2-8,18H,9-13H2,1H3,(H,19,20). The third-order valence-electron chi connectivity index (χ3n) is 3.36. The van der Waals surface area contributed by atoms with Crippen LogP contribution in [-0.4, -0.2) is 39.3 Å². The van der Waals surface area contributed by atoms with E-state index in [0.717, 1.165) is 6.42 Å². The number of carbonyl (C=O) groups is 1. The number of hydrogen-bond acceptors (Lipinski definition) is 3. The van der Waals surface area contributed by atoms with Crippen LogP contribution in [0.5, 0.6) is 0 Å². The molecule has 0 spiro atoms. The predicted octanol–water partition coefficient (Wildman–Crippen LogP) is 1.73. The molecule has 112 valence electrons. The highest BCUT2D eigenvalue weighted by Crippen LogP contribution is 2.18. The monoisotopic (exact) mass is 286 g/mol. The summed E-state index contributed by atoms with van der Waals surface area (Å²) in [6.45, 7) is 2.29. The van der Waals surface area contributed by atoms with Gasteiger partial charge in [0.25, 0.3) is 0 Å². The Morgan fingerprint density at radius 1 is 1.10 bits per heavy atom. The fourth-order valence-corrected chi connectivity index (χ4v) is 2.29. The molecule has 0 aromatic heterocycles. The van der Waals surface area contributed by atoms with Crippen LogP contribution in [0.1, 0.15) is 5.56 Å². The highest BCUT2D eigenvalue weighted by Gasteiger charge is 2.02. The highest BCUT2D eigenvalue weighted by atomic mass is 16.5. The van der Waals surface area contributed by atoms with E-state index in [4.69, 9.17) is 4.74 Å². The quantitative estimate of drug-likeness (QED) is 0.727. The number of ether oxygens (including phenoxy) is 1. The van der Waals surface area contributed by atoms with Crippen LogP contribution >= 0.6 is 0 Å². The molecule has 0 unspecified atom stereocenters. The Morgan fingerprint density at radius 3 is 2.76 bits per heavy atom. The summed E-state index contributed by atoms with van der Waals surface area (Å²) in [5, 5.41) is 8.45. The highest BCUT2D eigenvalue weighted by molar-refractivity contribution is 5.85. The summed E-state index contributed by atoms with van der Waals surface area (Å²) in [5.74, 6) is 0.0198. The zero-order valence-corrected chi connectivity index (χ0v) is 12.4. The second kappa shape index (κ2) is 8.39. The Labute approximate surface area is 125 Å². The molecule has 0 saturated carbocycles. The Morgan fingerprint density at radius 2 is 1.90 bits per heavy atom. The second-order valence-electron chi connectivity index (χ2n) is 4.91. The summed E-state index contributed by atoms with van der Waals surface area (Å²) in [4.78, 5) is 11.6. The van der Waals surface area contributed by atoms with Gasteiger partial charge in [0, 0.05) is 20.2 Å². The van der Waals surface area contributed by atoms with Gasteiger partial charge in [-0.2, -0.15) is 0 Å². The molecular weight excluding hydrogens is 264 g/mol. The van der Waals surface area contributed by atoms with Crippen molar-refractivity contribution in [2.75, 3.05) is 33.4 Å². The molecule has 21 heavy (non-hydrogen) atoms. The summed E-state index contributed by atoms with van der Waals surface area (Å²) in [6, 6.07) is 14.6. The molecule has 0 bridgehead atoms. The Bertz CT molecular complexity index is 579. The van der Waals surface area contributed by atoms with Crippen LogP contribution in [0.2, 0.25) is 0 Å². The van der Waals surface area contributed by atoms with Crippen LogP contribution < -0.4 is 10.6 Å². The molecule has 2 N–H and O–H groups in total. The molecule has 1 amide bonds. The molecule has 2 aromatic rings. The minimum Gasteiger partial charge on any atom is -0.383 e. The van der Waals surface area contributed by atoms with Gasteiger partial charge >= 0.3 is 0 Å². The molecule has 0 aliphatic carbocycles. The number of rotatable bonds is 8. The largest absolute Gasteiger partial charge is 0.383 e. The van der Waals surface area contributed by atoms with E-state index in [9.17, 15) is 4.79 Å². The van der Waals surface area contributed by atoms with E-state index < -0.39 is 0 Å². The fraction of sp³-hybridized carbons (Fsp3) is 0.353. The third-order valence-corrected chi connectivity index (χ3v) is 3.36. The van der Waals surface area contributed by atoms with Crippen molar-refractivity contribution in [2.24, 2.45) is 0 Å². The van der Waals surface area contributed by atoms with Crippen molar-refractivity contribution in [3.8, 4) is 0 Å². The van der Waals surface area contributed by atoms with Crippen molar-refractivity contribution in [3.63, 3.8) is 0 Å². The van der Waals surface area contributed by atoms with Crippen LogP contribution in [0.4, 0.5) is 0 Å². The molecular formula is C17H22N2O2. The van der Waals surface area contributed by atoms with E-state index >= 15 is 0 Å². The van der Waals surface area contributed by atoms with Gasteiger partial charge in [-0.1, -0.05) is 42.5 Å². The first-order chi connectivity index (χ1) is 10.3.